The fourth-order valence-electron chi connectivity index (χ4n) is 3.03. The molecular formula is C22H27N5O. The molecule has 1 unspecified atom stereocenters. The molecule has 0 bridgehead atoms. The van der Waals surface area contributed by atoms with Crippen molar-refractivity contribution >= 4 is 5.82 Å². The van der Waals surface area contributed by atoms with E-state index in [1.165, 1.54) is 5.56 Å². The molecule has 146 valence electrons. The minimum Gasteiger partial charge on any atom is -0.497 e. The molecule has 0 spiro atoms. The van der Waals surface area contributed by atoms with Gasteiger partial charge < -0.3 is 15.0 Å². The van der Waals surface area contributed by atoms with Crippen molar-refractivity contribution in [3.05, 3.63) is 65.5 Å². The van der Waals surface area contributed by atoms with E-state index in [9.17, 15) is 0 Å². The Bertz CT molecular complexity index is 910. The van der Waals surface area contributed by atoms with Crippen molar-refractivity contribution in [3.8, 4) is 17.3 Å². The second-order valence-electron chi connectivity index (χ2n) is 6.95. The van der Waals surface area contributed by atoms with Crippen LogP contribution in [0.1, 0.15) is 22.9 Å². The molecule has 0 aliphatic rings. The van der Waals surface area contributed by atoms with E-state index in [2.05, 4.69) is 46.4 Å². The fourth-order valence-corrected chi connectivity index (χ4v) is 3.03. The molecule has 2 heterocycles. The molecule has 2 aromatic heterocycles. The monoisotopic (exact) mass is 377 g/mol. The Balaban J connectivity index is 1.84. The Morgan fingerprint density at radius 1 is 1.04 bits per heavy atom. The highest BCUT2D eigenvalue weighted by Gasteiger charge is 2.16. The van der Waals surface area contributed by atoms with Crippen molar-refractivity contribution in [2.24, 2.45) is 0 Å². The summed E-state index contributed by atoms with van der Waals surface area (Å²) in [7, 11) is 5.83. The highest BCUT2D eigenvalue weighted by molar-refractivity contribution is 5.56. The number of rotatable bonds is 7. The van der Waals surface area contributed by atoms with E-state index in [4.69, 9.17) is 9.72 Å². The molecule has 1 N–H and O–H groups in total. The molecule has 6 nitrogen and oxygen atoms in total. The predicted molar refractivity (Wildman–Crippen MR) is 113 cm³/mol. The van der Waals surface area contributed by atoms with Crippen LogP contribution >= 0.6 is 0 Å². The number of hydrogen-bond donors (Lipinski definition) is 1. The third-order valence-electron chi connectivity index (χ3n) is 4.87. The van der Waals surface area contributed by atoms with Crippen LogP contribution in [-0.4, -0.2) is 47.6 Å². The molecule has 1 aromatic carbocycles. The number of hydrogen-bond acceptors (Lipinski definition) is 6. The number of benzene rings is 1. The molecule has 0 saturated heterocycles. The van der Waals surface area contributed by atoms with Crippen LogP contribution in [0.15, 0.2) is 48.7 Å². The average Bonchev–Trinajstić information content (AvgIpc) is 2.72. The number of nitrogens with zero attached hydrogens (tertiary/aromatic N) is 4. The summed E-state index contributed by atoms with van der Waals surface area (Å²) < 4.78 is 5.27. The lowest BCUT2D eigenvalue weighted by Gasteiger charge is -2.26. The largest absolute Gasteiger partial charge is 0.497 e. The van der Waals surface area contributed by atoms with Gasteiger partial charge in [0.25, 0.3) is 0 Å². The molecule has 0 aliphatic carbocycles. The number of anilines is 1. The molecule has 0 amide bonds. The van der Waals surface area contributed by atoms with E-state index in [0.717, 1.165) is 35.1 Å². The van der Waals surface area contributed by atoms with Gasteiger partial charge in [-0.25, -0.2) is 9.97 Å². The smallest absolute Gasteiger partial charge is 0.180 e. The van der Waals surface area contributed by atoms with Gasteiger partial charge in [-0.15, -0.1) is 0 Å². The highest BCUT2D eigenvalue weighted by atomic mass is 16.5. The summed E-state index contributed by atoms with van der Waals surface area (Å²) in [6.07, 6.45) is 1.76. The van der Waals surface area contributed by atoms with Crippen LogP contribution in [0.3, 0.4) is 0 Å². The Morgan fingerprint density at radius 2 is 1.79 bits per heavy atom. The summed E-state index contributed by atoms with van der Waals surface area (Å²) >= 11 is 0. The van der Waals surface area contributed by atoms with Gasteiger partial charge in [0.2, 0.25) is 0 Å². The van der Waals surface area contributed by atoms with Gasteiger partial charge in [-0.05, 0) is 57.8 Å². The van der Waals surface area contributed by atoms with Gasteiger partial charge in [-0.2, -0.15) is 0 Å². The summed E-state index contributed by atoms with van der Waals surface area (Å²) in [5.41, 5.74) is 3.98. The first kappa shape index (κ1) is 19.8. The summed E-state index contributed by atoms with van der Waals surface area (Å²) in [6.45, 7) is 4.76. The lowest BCUT2D eigenvalue weighted by Crippen LogP contribution is -2.27. The van der Waals surface area contributed by atoms with Crippen LogP contribution < -0.4 is 10.1 Å². The molecule has 28 heavy (non-hydrogen) atoms. The van der Waals surface area contributed by atoms with Crippen LogP contribution in [0.2, 0.25) is 0 Å². The third kappa shape index (κ3) is 4.46. The topological polar surface area (TPSA) is 63.2 Å². The second-order valence-corrected chi connectivity index (χ2v) is 6.95. The van der Waals surface area contributed by atoms with E-state index in [0.29, 0.717) is 5.82 Å². The van der Waals surface area contributed by atoms with Crippen LogP contribution in [0.4, 0.5) is 5.82 Å². The Morgan fingerprint density at radius 3 is 2.39 bits per heavy atom. The van der Waals surface area contributed by atoms with Crippen molar-refractivity contribution < 1.29 is 4.74 Å². The number of pyridine rings is 1. The minimum absolute atomic E-state index is 0.193. The Kier molecular flexibility index (Phi) is 6.21. The SMILES string of the molecule is COc1ccc(C(CNc2nc(-c3ccccn3)nc(C)c2C)N(C)C)cc1. The number of aromatic nitrogens is 3. The van der Waals surface area contributed by atoms with E-state index in [1.807, 2.05) is 44.2 Å². The molecule has 3 rings (SSSR count). The van der Waals surface area contributed by atoms with Gasteiger partial charge in [0.15, 0.2) is 5.82 Å². The molecule has 6 heteroatoms. The lowest BCUT2D eigenvalue weighted by atomic mass is 10.1. The molecular weight excluding hydrogens is 350 g/mol. The zero-order valence-corrected chi connectivity index (χ0v) is 17.1. The number of methoxy groups -OCH3 is 1. The van der Waals surface area contributed by atoms with Crippen LogP contribution in [0.5, 0.6) is 5.75 Å². The normalized spacial score (nSPS) is 12.1. The van der Waals surface area contributed by atoms with E-state index >= 15 is 0 Å². The lowest BCUT2D eigenvalue weighted by molar-refractivity contribution is 0.311. The standard InChI is InChI=1S/C22H27N5O/c1-15-16(2)25-22(19-8-6-7-13-23-19)26-21(15)24-14-20(27(3)4)17-9-11-18(28-5)12-10-17/h6-13,20H,14H2,1-5H3,(H,24,25,26). The van der Waals surface area contributed by atoms with Crippen molar-refractivity contribution in [2.45, 2.75) is 19.9 Å². The molecule has 0 fully saturated rings. The highest BCUT2D eigenvalue weighted by Crippen LogP contribution is 2.24. The minimum atomic E-state index is 0.193. The van der Waals surface area contributed by atoms with Gasteiger partial charge in [0.1, 0.15) is 17.3 Å². The Labute approximate surface area is 166 Å². The van der Waals surface area contributed by atoms with Crippen molar-refractivity contribution in [2.75, 3.05) is 33.1 Å². The molecule has 1 atom stereocenters. The Hall–Kier alpha value is -2.99. The van der Waals surface area contributed by atoms with E-state index < -0.39 is 0 Å². The van der Waals surface area contributed by atoms with Gasteiger partial charge in [-0.1, -0.05) is 18.2 Å². The van der Waals surface area contributed by atoms with Crippen LogP contribution in [-0.2, 0) is 0 Å². The number of ether oxygens (including phenoxy) is 1. The van der Waals surface area contributed by atoms with Crippen molar-refractivity contribution in [1.29, 1.82) is 0 Å². The maximum absolute atomic E-state index is 5.27. The zero-order chi connectivity index (χ0) is 20.1. The number of nitrogens with one attached hydrogen (secondary N) is 1. The van der Waals surface area contributed by atoms with Gasteiger partial charge in [0, 0.05) is 24.0 Å². The predicted octanol–water partition coefficient (Wildman–Crippen LogP) is 3.88. The fraction of sp³-hybridized carbons (Fsp3) is 0.318. The van der Waals surface area contributed by atoms with Crippen molar-refractivity contribution in [1.82, 2.24) is 19.9 Å². The summed E-state index contributed by atoms with van der Waals surface area (Å²) in [5.74, 6) is 2.34. The van der Waals surface area contributed by atoms with E-state index in [-0.39, 0.29) is 6.04 Å². The van der Waals surface area contributed by atoms with Gasteiger partial charge in [0.05, 0.1) is 13.2 Å². The molecule has 3 aromatic rings. The zero-order valence-electron chi connectivity index (χ0n) is 17.1. The first-order valence-electron chi connectivity index (χ1n) is 9.30. The number of likely N-dealkylation sites (N-methyl/N-ethyl adjacent to an activating group) is 1. The second kappa shape index (κ2) is 8.80. The van der Waals surface area contributed by atoms with Crippen LogP contribution in [0.25, 0.3) is 11.5 Å². The molecule has 0 saturated carbocycles. The average molecular weight is 377 g/mol. The first-order valence-corrected chi connectivity index (χ1v) is 9.30. The van der Waals surface area contributed by atoms with Gasteiger partial charge in [-0.3, -0.25) is 4.98 Å². The summed E-state index contributed by atoms with van der Waals surface area (Å²) in [5, 5.41) is 3.52. The maximum Gasteiger partial charge on any atom is 0.180 e. The van der Waals surface area contributed by atoms with Crippen LogP contribution in [0, 0.1) is 13.8 Å². The number of aryl methyl sites for hydroxylation is 1. The van der Waals surface area contributed by atoms with Gasteiger partial charge >= 0.3 is 0 Å². The first-order chi connectivity index (χ1) is 13.5. The molecule has 0 radical (unpaired) electrons. The van der Waals surface area contributed by atoms with E-state index in [1.54, 1.807) is 13.3 Å². The van der Waals surface area contributed by atoms with Crippen molar-refractivity contribution in [3.63, 3.8) is 0 Å². The summed E-state index contributed by atoms with van der Waals surface area (Å²) in [4.78, 5) is 15.9. The third-order valence-corrected chi connectivity index (χ3v) is 4.87. The molecule has 0 aliphatic heterocycles. The summed E-state index contributed by atoms with van der Waals surface area (Å²) in [6, 6.07) is 14.1. The quantitative estimate of drug-likeness (QED) is 0.674. The maximum atomic E-state index is 5.27.